The smallest absolute Gasteiger partial charge is 0.210 e. The largest absolute Gasteiger partial charge is 0.284 e. The lowest BCUT2D eigenvalue weighted by Gasteiger charge is -1.86. The quantitative estimate of drug-likeness (QED) is 0.347. The maximum Gasteiger partial charge on any atom is 0.284 e. The zero-order valence-corrected chi connectivity index (χ0v) is 7.15. The Morgan fingerprint density at radius 3 is 1.18 bits per heavy atom. The molecule has 1 aliphatic rings. The van der Waals surface area contributed by atoms with Crippen LogP contribution < -0.4 is 0 Å². The standard InChI is InChI=1S/C5H6O4S2/c1-3-5(4-2)10(6,7)11(5,8)9/h3-4H,1-2H2. The maximum absolute atomic E-state index is 10.8. The highest BCUT2D eigenvalue weighted by molar-refractivity contribution is 8.84. The predicted octanol–water partition coefficient (Wildman–Crippen LogP) is -0.187. The van der Waals surface area contributed by atoms with Gasteiger partial charge in [-0.3, -0.25) is 0 Å². The molecule has 0 atom stereocenters. The molecule has 1 aliphatic heterocycles. The molecule has 0 bridgehead atoms. The maximum atomic E-state index is 10.8. The van der Waals surface area contributed by atoms with Gasteiger partial charge in [-0.05, 0) is 12.2 Å². The molecule has 0 radical (unpaired) electrons. The summed E-state index contributed by atoms with van der Waals surface area (Å²) in [5.74, 6) is 0. The summed E-state index contributed by atoms with van der Waals surface area (Å²) in [5, 5.41) is 0. The van der Waals surface area contributed by atoms with Crippen molar-refractivity contribution in [2.24, 2.45) is 0 Å². The molecule has 6 heteroatoms. The minimum atomic E-state index is -4.06. The average molecular weight is 194 g/mol. The molecule has 1 saturated heterocycles. The zero-order valence-electron chi connectivity index (χ0n) is 5.52. The van der Waals surface area contributed by atoms with Crippen LogP contribution in [0, 0.1) is 0 Å². The van der Waals surface area contributed by atoms with Crippen LogP contribution in [-0.2, 0) is 17.7 Å². The highest BCUT2D eigenvalue weighted by atomic mass is 33.2. The van der Waals surface area contributed by atoms with E-state index >= 15 is 0 Å². The lowest BCUT2D eigenvalue weighted by Crippen LogP contribution is -2.04. The van der Waals surface area contributed by atoms with Crippen LogP contribution in [0.15, 0.2) is 25.3 Å². The second-order valence-electron chi connectivity index (χ2n) is 2.04. The van der Waals surface area contributed by atoms with Crippen LogP contribution in [-0.4, -0.2) is 20.9 Å². The van der Waals surface area contributed by atoms with Crippen molar-refractivity contribution in [3.63, 3.8) is 0 Å². The highest BCUT2D eigenvalue weighted by Gasteiger charge is 2.76. The van der Waals surface area contributed by atoms with E-state index in [4.69, 9.17) is 0 Å². The molecule has 62 valence electrons. The lowest BCUT2D eigenvalue weighted by molar-refractivity contribution is 0.603. The molecule has 0 aromatic carbocycles. The van der Waals surface area contributed by atoms with Gasteiger partial charge < -0.3 is 0 Å². The van der Waals surface area contributed by atoms with E-state index in [1.54, 1.807) is 0 Å². The number of hydrogen-bond acceptors (Lipinski definition) is 4. The Hall–Kier alpha value is -0.620. The van der Waals surface area contributed by atoms with Crippen molar-refractivity contribution in [2.75, 3.05) is 0 Å². The molecule has 0 spiro atoms. The van der Waals surface area contributed by atoms with Gasteiger partial charge in [0.1, 0.15) is 0 Å². The van der Waals surface area contributed by atoms with Gasteiger partial charge in [-0.2, -0.15) is 0 Å². The van der Waals surface area contributed by atoms with Gasteiger partial charge in [0.15, 0.2) is 0 Å². The third kappa shape index (κ3) is 0.554. The Morgan fingerprint density at radius 2 is 1.18 bits per heavy atom. The molecule has 1 rings (SSSR count). The van der Waals surface area contributed by atoms with E-state index in [0.717, 1.165) is 12.2 Å². The summed E-state index contributed by atoms with van der Waals surface area (Å²) >= 11 is 0. The molecule has 0 amide bonds. The van der Waals surface area contributed by atoms with Gasteiger partial charge in [0.2, 0.25) is 4.08 Å². The molecule has 0 saturated carbocycles. The van der Waals surface area contributed by atoms with Crippen molar-refractivity contribution >= 4 is 17.7 Å². The van der Waals surface area contributed by atoms with Gasteiger partial charge in [0, 0.05) is 0 Å². The van der Waals surface area contributed by atoms with Gasteiger partial charge in [-0.1, -0.05) is 0 Å². The molecule has 0 aromatic rings. The fourth-order valence-electron chi connectivity index (χ4n) is 0.808. The molecule has 1 fully saturated rings. The van der Waals surface area contributed by atoms with E-state index in [-0.39, 0.29) is 0 Å². The molecule has 0 unspecified atom stereocenters. The lowest BCUT2D eigenvalue weighted by atomic mass is 10.4. The van der Waals surface area contributed by atoms with Crippen molar-refractivity contribution in [2.45, 2.75) is 4.08 Å². The Balaban J connectivity index is 3.62. The first kappa shape index (κ1) is 8.48. The Bertz CT molecular complexity index is 369. The first-order valence-electron chi connectivity index (χ1n) is 2.64. The minimum absolute atomic E-state index is 0.866. The van der Waals surface area contributed by atoms with E-state index in [0.29, 0.717) is 0 Å². The molecular formula is C5H6O4S2. The Morgan fingerprint density at radius 1 is 0.909 bits per heavy atom. The third-order valence-electron chi connectivity index (χ3n) is 1.61. The second-order valence-corrected chi connectivity index (χ2v) is 8.10. The van der Waals surface area contributed by atoms with Crippen LogP contribution in [0.4, 0.5) is 0 Å². The second kappa shape index (κ2) is 1.75. The predicted molar refractivity (Wildman–Crippen MR) is 41.0 cm³/mol. The van der Waals surface area contributed by atoms with Crippen molar-refractivity contribution in [3.8, 4) is 0 Å². The first-order chi connectivity index (χ1) is 4.87. The number of rotatable bonds is 2. The van der Waals surface area contributed by atoms with Crippen molar-refractivity contribution in [1.29, 1.82) is 0 Å². The van der Waals surface area contributed by atoms with Crippen LogP contribution in [0.5, 0.6) is 0 Å². The Kier molecular flexibility index (Phi) is 1.35. The van der Waals surface area contributed by atoms with Crippen molar-refractivity contribution in [3.05, 3.63) is 25.3 Å². The first-order valence-corrected chi connectivity index (χ1v) is 6.12. The van der Waals surface area contributed by atoms with Crippen LogP contribution in [0.1, 0.15) is 0 Å². The van der Waals surface area contributed by atoms with Gasteiger partial charge in [-0.25, -0.2) is 16.8 Å². The van der Waals surface area contributed by atoms with Gasteiger partial charge in [0.05, 0.1) is 0 Å². The molecular weight excluding hydrogens is 188 g/mol. The van der Waals surface area contributed by atoms with Crippen LogP contribution in [0.2, 0.25) is 0 Å². The van der Waals surface area contributed by atoms with Crippen LogP contribution in [0.3, 0.4) is 0 Å². The topological polar surface area (TPSA) is 68.3 Å². The summed E-state index contributed by atoms with van der Waals surface area (Å²) in [6.07, 6.45) is 1.73. The summed E-state index contributed by atoms with van der Waals surface area (Å²) in [7, 11) is -8.12. The van der Waals surface area contributed by atoms with Crippen LogP contribution >= 0.6 is 0 Å². The molecule has 0 N–H and O–H groups in total. The van der Waals surface area contributed by atoms with Gasteiger partial charge in [0.25, 0.3) is 17.7 Å². The minimum Gasteiger partial charge on any atom is -0.210 e. The van der Waals surface area contributed by atoms with E-state index in [2.05, 4.69) is 13.2 Å². The highest BCUT2D eigenvalue weighted by Crippen LogP contribution is 2.50. The number of hydrogen-bond donors (Lipinski definition) is 0. The monoisotopic (exact) mass is 194 g/mol. The fraction of sp³-hybridized carbons (Fsp3) is 0.200. The van der Waals surface area contributed by atoms with E-state index < -0.39 is 21.8 Å². The van der Waals surface area contributed by atoms with Crippen LogP contribution in [0.25, 0.3) is 0 Å². The van der Waals surface area contributed by atoms with E-state index in [1.807, 2.05) is 0 Å². The Labute approximate surface area is 64.5 Å². The SMILES string of the molecule is C=CC1(C=C)S(=O)(=O)S1(=O)=O. The van der Waals surface area contributed by atoms with E-state index in [9.17, 15) is 16.8 Å². The van der Waals surface area contributed by atoms with Gasteiger partial charge >= 0.3 is 0 Å². The average Bonchev–Trinajstić information content (AvgIpc) is 2.22. The summed E-state index contributed by atoms with van der Waals surface area (Å²) in [4.78, 5) is 0. The van der Waals surface area contributed by atoms with Crippen molar-refractivity contribution < 1.29 is 16.8 Å². The summed E-state index contributed by atoms with van der Waals surface area (Å²) in [6, 6.07) is 0. The molecule has 0 aliphatic carbocycles. The summed E-state index contributed by atoms with van der Waals surface area (Å²) in [5.41, 5.74) is 0. The third-order valence-corrected chi connectivity index (χ3v) is 8.32. The molecule has 0 aromatic heterocycles. The normalized spacial score (nSPS) is 28.7. The zero-order chi connectivity index (χ0) is 8.91. The van der Waals surface area contributed by atoms with Gasteiger partial charge in [-0.15, -0.1) is 13.2 Å². The summed E-state index contributed by atoms with van der Waals surface area (Å²) < 4.78 is 41.2. The van der Waals surface area contributed by atoms with E-state index in [1.165, 1.54) is 0 Å². The molecule has 11 heavy (non-hydrogen) atoms. The van der Waals surface area contributed by atoms with Crippen molar-refractivity contribution in [1.82, 2.24) is 0 Å². The molecule has 1 heterocycles. The summed E-state index contributed by atoms with van der Waals surface area (Å²) in [6.45, 7) is 6.25. The fourth-order valence-corrected chi connectivity index (χ4v) is 5.97. The molecule has 4 nitrogen and oxygen atoms in total.